The summed E-state index contributed by atoms with van der Waals surface area (Å²) in [6, 6.07) is 11.5. The first-order valence-corrected chi connectivity index (χ1v) is 11.3. The molecular formula is C21H17NO3S3. The van der Waals surface area contributed by atoms with Gasteiger partial charge in [-0.1, -0.05) is 35.9 Å². The molecule has 7 heteroatoms. The number of carboxylic acid groups (broad SMARTS) is 1. The summed E-state index contributed by atoms with van der Waals surface area (Å²) >= 11 is 4.54. The van der Waals surface area contributed by atoms with Gasteiger partial charge in [-0.3, -0.25) is 4.79 Å². The van der Waals surface area contributed by atoms with Crippen LogP contribution in [0.4, 0.5) is 5.69 Å². The van der Waals surface area contributed by atoms with Gasteiger partial charge in [0.1, 0.15) is 5.56 Å². The van der Waals surface area contributed by atoms with E-state index in [2.05, 4.69) is 16.8 Å². The van der Waals surface area contributed by atoms with Crippen LogP contribution >= 0.6 is 34.4 Å². The van der Waals surface area contributed by atoms with Crippen LogP contribution in [0.25, 0.3) is 10.4 Å². The Morgan fingerprint density at radius 1 is 1.14 bits per heavy atom. The number of thioether (sulfide) groups is 1. The maximum absolute atomic E-state index is 12.7. The highest BCUT2D eigenvalue weighted by molar-refractivity contribution is 8.02. The van der Waals surface area contributed by atoms with E-state index in [0.717, 1.165) is 22.4 Å². The largest absolute Gasteiger partial charge is 0.478 e. The van der Waals surface area contributed by atoms with Gasteiger partial charge in [-0.2, -0.15) is 0 Å². The van der Waals surface area contributed by atoms with Crippen molar-refractivity contribution in [3.63, 3.8) is 0 Å². The zero-order valence-electron chi connectivity index (χ0n) is 15.0. The van der Waals surface area contributed by atoms with E-state index in [4.69, 9.17) is 0 Å². The standard InChI is InChI=1S/C21H17NO3S3/c1-12-4-6-13(7-5-12)19-18(21(24)25)14(11-27-19)22-20(23)17-9-8-16(28-17)15-3-2-10-26-15/h2,4-11,15H,3H2,1H3,(H,22,23)(H,24,25). The smallest absolute Gasteiger partial charge is 0.339 e. The van der Waals surface area contributed by atoms with Crippen molar-refractivity contribution in [2.75, 3.05) is 5.32 Å². The number of carbonyl (C=O) groups is 2. The molecule has 0 saturated heterocycles. The lowest BCUT2D eigenvalue weighted by Crippen LogP contribution is -2.12. The summed E-state index contributed by atoms with van der Waals surface area (Å²) in [6.07, 6.45) is 3.10. The number of nitrogens with one attached hydrogen (secondary N) is 1. The zero-order chi connectivity index (χ0) is 19.7. The van der Waals surface area contributed by atoms with Crippen molar-refractivity contribution in [1.82, 2.24) is 0 Å². The Labute approximate surface area is 174 Å². The number of hydrogen-bond donors (Lipinski definition) is 2. The number of benzene rings is 1. The van der Waals surface area contributed by atoms with E-state index in [1.54, 1.807) is 17.1 Å². The Hall–Kier alpha value is -2.35. The van der Waals surface area contributed by atoms with Crippen LogP contribution in [0.3, 0.4) is 0 Å². The molecule has 2 N–H and O–H groups in total. The summed E-state index contributed by atoms with van der Waals surface area (Å²) in [4.78, 5) is 27.0. The molecule has 3 aromatic rings. The van der Waals surface area contributed by atoms with Crippen LogP contribution in [-0.4, -0.2) is 17.0 Å². The Morgan fingerprint density at radius 3 is 2.61 bits per heavy atom. The molecule has 4 rings (SSSR count). The summed E-state index contributed by atoms with van der Waals surface area (Å²) in [7, 11) is 0. The fraction of sp³-hybridized carbons (Fsp3) is 0.143. The molecule has 1 aliphatic heterocycles. The van der Waals surface area contributed by atoms with Crippen molar-refractivity contribution in [3.8, 4) is 10.4 Å². The number of hydrogen-bond acceptors (Lipinski definition) is 5. The second kappa shape index (κ2) is 7.95. The summed E-state index contributed by atoms with van der Waals surface area (Å²) in [5.74, 6) is -1.32. The summed E-state index contributed by atoms with van der Waals surface area (Å²) in [5, 5.41) is 16.7. The molecule has 28 heavy (non-hydrogen) atoms. The van der Waals surface area contributed by atoms with Gasteiger partial charge in [0.15, 0.2) is 0 Å². The Balaban J connectivity index is 1.58. The molecule has 0 spiro atoms. The first kappa shape index (κ1) is 19.0. The predicted octanol–water partition coefficient (Wildman–Crippen LogP) is 6.43. The third kappa shape index (κ3) is 3.78. The van der Waals surface area contributed by atoms with Gasteiger partial charge < -0.3 is 10.4 Å². The number of allylic oxidation sites excluding steroid dienone is 1. The fourth-order valence-corrected chi connectivity index (χ4v) is 6.03. The molecule has 1 aromatic carbocycles. The van der Waals surface area contributed by atoms with Crippen molar-refractivity contribution in [1.29, 1.82) is 0 Å². The molecule has 2 aromatic heterocycles. The average Bonchev–Trinajstić information content (AvgIpc) is 3.42. The number of rotatable bonds is 5. The van der Waals surface area contributed by atoms with Gasteiger partial charge in [-0.05, 0) is 36.4 Å². The van der Waals surface area contributed by atoms with Gasteiger partial charge in [-0.25, -0.2) is 4.79 Å². The molecule has 0 radical (unpaired) electrons. The number of carbonyl (C=O) groups excluding carboxylic acids is 1. The van der Waals surface area contributed by atoms with Crippen molar-refractivity contribution in [3.05, 3.63) is 74.1 Å². The first-order valence-electron chi connectivity index (χ1n) is 8.66. The van der Waals surface area contributed by atoms with E-state index in [-0.39, 0.29) is 11.5 Å². The van der Waals surface area contributed by atoms with Crippen LogP contribution in [0, 0.1) is 6.92 Å². The minimum absolute atomic E-state index is 0.134. The third-order valence-corrected chi connectivity index (χ3v) is 7.92. The van der Waals surface area contributed by atoms with Gasteiger partial charge >= 0.3 is 5.97 Å². The number of aromatic carboxylic acids is 1. The summed E-state index contributed by atoms with van der Waals surface area (Å²) in [6.45, 7) is 1.98. The van der Waals surface area contributed by atoms with Crippen LogP contribution in [0.1, 0.15) is 42.1 Å². The van der Waals surface area contributed by atoms with E-state index in [1.165, 1.54) is 22.7 Å². The molecule has 3 heterocycles. The molecule has 0 fully saturated rings. The number of aryl methyl sites for hydroxylation is 1. The quantitative estimate of drug-likeness (QED) is 0.492. The predicted molar refractivity (Wildman–Crippen MR) is 118 cm³/mol. The number of amides is 1. The van der Waals surface area contributed by atoms with Crippen LogP contribution in [-0.2, 0) is 0 Å². The van der Waals surface area contributed by atoms with E-state index in [9.17, 15) is 14.7 Å². The number of carboxylic acids is 1. The molecule has 0 aliphatic carbocycles. The molecule has 142 valence electrons. The summed E-state index contributed by atoms with van der Waals surface area (Å²) in [5.41, 5.74) is 2.41. The highest BCUT2D eigenvalue weighted by atomic mass is 32.2. The van der Waals surface area contributed by atoms with Crippen molar-refractivity contribution < 1.29 is 14.7 Å². The molecule has 4 nitrogen and oxygen atoms in total. The number of thiophene rings is 2. The van der Waals surface area contributed by atoms with Gasteiger partial charge in [-0.15, -0.1) is 34.4 Å². The lowest BCUT2D eigenvalue weighted by Gasteiger charge is -2.06. The van der Waals surface area contributed by atoms with Crippen molar-refractivity contribution in [2.45, 2.75) is 18.6 Å². The van der Waals surface area contributed by atoms with E-state index in [1.807, 2.05) is 43.3 Å². The molecule has 1 amide bonds. The Kier molecular flexibility index (Phi) is 5.39. The van der Waals surface area contributed by atoms with Crippen molar-refractivity contribution >= 4 is 52.0 Å². The minimum atomic E-state index is -1.05. The molecular weight excluding hydrogens is 410 g/mol. The van der Waals surface area contributed by atoms with Crippen LogP contribution in [0.5, 0.6) is 0 Å². The highest BCUT2D eigenvalue weighted by Gasteiger charge is 2.23. The topological polar surface area (TPSA) is 66.4 Å². The molecule has 1 unspecified atom stereocenters. The van der Waals surface area contributed by atoms with E-state index >= 15 is 0 Å². The Bertz CT molecular complexity index is 1060. The van der Waals surface area contributed by atoms with Gasteiger partial charge in [0.05, 0.1) is 15.4 Å². The fourth-order valence-electron chi connectivity index (χ4n) is 2.98. The van der Waals surface area contributed by atoms with Gasteiger partial charge in [0, 0.05) is 15.5 Å². The monoisotopic (exact) mass is 427 g/mol. The normalized spacial score (nSPS) is 15.7. The Morgan fingerprint density at radius 2 is 1.93 bits per heavy atom. The first-order chi connectivity index (χ1) is 13.5. The summed E-state index contributed by atoms with van der Waals surface area (Å²) < 4.78 is 0. The highest BCUT2D eigenvalue weighted by Crippen LogP contribution is 2.42. The lowest BCUT2D eigenvalue weighted by molar-refractivity contribution is 0.0699. The van der Waals surface area contributed by atoms with Crippen LogP contribution < -0.4 is 5.32 Å². The van der Waals surface area contributed by atoms with Gasteiger partial charge in [0.2, 0.25) is 0 Å². The third-order valence-electron chi connectivity index (χ3n) is 4.42. The maximum Gasteiger partial charge on any atom is 0.339 e. The zero-order valence-corrected chi connectivity index (χ0v) is 17.4. The second-order valence-electron chi connectivity index (χ2n) is 6.41. The minimum Gasteiger partial charge on any atom is -0.478 e. The van der Waals surface area contributed by atoms with Crippen molar-refractivity contribution in [2.24, 2.45) is 0 Å². The molecule has 0 bridgehead atoms. The van der Waals surface area contributed by atoms with E-state index < -0.39 is 5.97 Å². The molecule has 0 saturated carbocycles. The SMILES string of the molecule is Cc1ccc(-c2scc(NC(=O)c3ccc(C4CC=CS4)s3)c2C(=O)O)cc1. The van der Waals surface area contributed by atoms with Crippen LogP contribution in [0.2, 0.25) is 0 Å². The average molecular weight is 428 g/mol. The van der Waals surface area contributed by atoms with Crippen LogP contribution in [0.15, 0.2) is 53.3 Å². The lowest BCUT2D eigenvalue weighted by atomic mass is 10.1. The van der Waals surface area contributed by atoms with Gasteiger partial charge in [0.25, 0.3) is 5.91 Å². The second-order valence-corrected chi connectivity index (χ2v) is 9.52. The van der Waals surface area contributed by atoms with E-state index in [0.29, 0.717) is 20.7 Å². The number of anilines is 1. The molecule has 1 aliphatic rings. The molecule has 1 atom stereocenters. The maximum atomic E-state index is 12.7.